The fourth-order valence-electron chi connectivity index (χ4n) is 5.81. The quantitative estimate of drug-likeness (QED) is 0.0945. The number of nitrogens with two attached hydrogens (primary N) is 3. The third kappa shape index (κ3) is 7.90. The van der Waals surface area contributed by atoms with Crippen molar-refractivity contribution in [2.75, 3.05) is 39.9 Å². The van der Waals surface area contributed by atoms with E-state index in [1.54, 1.807) is 7.05 Å². The molecule has 1 saturated carbocycles. The molecular formula is C25H47FN6O9. The molecule has 1 aliphatic carbocycles. The molecule has 0 aromatic rings. The van der Waals surface area contributed by atoms with E-state index in [1.807, 2.05) is 6.08 Å². The van der Waals surface area contributed by atoms with E-state index in [4.69, 9.17) is 36.5 Å². The number of alkyl halides is 1. The summed E-state index contributed by atoms with van der Waals surface area (Å²) in [5, 5.41) is 60.7. The van der Waals surface area contributed by atoms with E-state index < -0.39 is 91.1 Å². The van der Waals surface area contributed by atoms with Gasteiger partial charge in [-0.25, -0.2) is 4.39 Å². The Morgan fingerprint density at radius 1 is 1.29 bits per heavy atom. The third-order valence-corrected chi connectivity index (χ3v) is 8.04. The van der Waals surface area contributed by atoms with E-state index in [2.05, 4.69) is 16.0 Å². The number of ether oxygens (including phenoxy) is 3. The van der Waals surface area contributed by atoms with E-state index in [1.165, 1.54) is 6.92 Å². The Labute approximate surface area is 238 Å². The molecule has 3 aliphatic rings. The van der Waals surface area contributed by atoms with Gasteiger partial charge in [-0.05, 0) is 32.9 Å². The van der Waals surface area contributed by atoms with E-state index in [0.29, 0.717) is 25.3 Å². The lowest BCUT2D eigenvalue weighted by Gasteiger charge is -2.50. The third-order valence-electron chi connectivity index (χ3n) is 8.04. The van der Waals surface area contributed by atoms with Crippen LogP contribution < -0.4 is 33.2 Å². The highest BCUT2D eigenvalue weighted by atomic mass is 19.1. The van der Waals surface area contributed by atoms with Crippen LogP contribution in [0.1, 0.15) is 19.8 Å². The molecular weight excluding hydrogens is 547 g/mol. The van der Waals surface area contributed by atoms with Crippen LogP contribution in [0.4, 0.5) is 4.39 Å². The van der Waals surface area contributed by atoms with Crippen molar-refractivity contribution < 1.29 is 48.9 Å². The predicted molar refractivity (Wildman–Crippen MR) is 144 cm³/mol. The molecule has 13 atom stereocenters. The molecule has 41 heavy (non-hydrogen) atoms. The van der Waals surface area contributed by atoms with Gasteiger partial charge >= 0.3 is 0 Å². The van der Waals surface area contributed by atoms with Crippen LogP contribution in [0.15, 0.2) is 11.8 Å². The number of aliphatic hydroxyl groups is 5. The Hall–Kier alpha value is -1.54. The van der Waals surface area contributed by atoms with Gasteiger partial charge in [0.25, 0.3) is 5.91 Å². The van der Waals surface area contributed by atoms with Crippen molar-refractivity contribution in [3.63, 3.8) is 0 Å². The zero-order valence-corrected chi connectivity index (χ0v) is 23.4. The molecule has 238 valence electrons. The maximum atomic E-state index is 14.0. The van der Waals surface area contributed by atoms with Gasteiger partial charge in [0.05, 0.1) is 37.9 Å². The molecule has 2 heterocycles. The smallest absolute Gasteiger partial charge is 0.252 e. The number of carbonyl (C=O) groups excluding carboxylic acids is 1. The normalized spacial score (nSPS) is 41.2. The minimum Gasteiger partial charge on any atom is -0.492 e. The number of rotatable bonds is 12. The highest BCUT2D eigenvalue weighted by Crippen LogP contribution is 2.36. The number of hydrogen-bond acceptors (Lipinski definition) is 14. The summed E-state index contributed by atoms with van der Waals surface area (Å²) in [6.45, 7) is 1.29. The van der Waals surface area contributed by atoms with Crippen LogP contribution in [0, 0.1) is 5.92 Å². The lowest BCUT2D eigenvalue weighted by molar-refractivity contribution is -0.297. The summed E-state index contributed by atoms with van der Waals surface area (Å²) in [4.78, 5) is 12.7. The maximum absolute atomic E-state index is 14.0. The van der Waals surface area contributed by atoms with Crippen LogP contribution in [-0.4, -0.2) is 144 Å². The molecule has 0 aromatic heterocycles. The zero-order chi connectivity index (χ0) is 30.5. The monoisotopic (exact) mass is 594 g/mol. The lowest BCUT2D eigenvalue weighted by Crippen LogP contribution is -2.69. The van der Waals surface area contributed by atoms with Gasteiger partial charge in [-0.1, -0.05) is 0 Å². The Kier molecular flexibility index (Phi) is 12.2. The average Bonchev–Trinajstić information content (AvgIpc) is 2.92. The summed E-state index contributed by atoms with van der Waals surface area (Å²) >= 11 is 0. The van der Waals surface area contributed by atoms with Gasteiger partial charge in [0.1, 0.15) is 35.8 Å². The van der Waals surface area contributed by atoms with Gasteiger partial charge < -0.3 is 72.9 Å². The molecule has 0 spiro atoms. The van der Waals surface area contributed by atoms with Gasteiger partial charge in [0.15, 0.2) is 12.4 Å². The molecule has 15 nitrogen and oxygen atoms in total. The van der Waals surface area contributed by atoms with Crippen molar-refractivity contribution in [2.45, 2.75) is 92.5 Å². The van der Waals surface area contributed by atoms with Crippen LogP contribution >= 0.6 is 0 Å². The molecule has 16 heteroatoms. The first-order valence-corrected chi connectivity index (χ1v) is 13.9. The second kappa shape index (κ2) is 14.8. The molecule has 14 N–H and O–H groups in total. The molecule has 3 unspecified atom stereocenters. The number of likely N-dealkylation sites (N-methyl/N-ethyl adjacent to an activating group) is 1. The molecule has 2 fully saturated rings. The Morgan fingerprint density at radius 3 is 2.63 bits per heavy atom. The first kappa shape index (κ1) is 34.0. The number of nitrogens with one attached hydrogen (secondary N) is 3. The topological polar surface area (TPSA) is 260 Å². The van der Waals surface area contributed by atoms with Crippen molar-refractivity contribution in [1.82, 2.24) is 16.0 Å². The van der Waals surface area contributed by atoms with Crippen LogP contribution in [0.2, 0.25) is 0 Å². The number of halogens is 1. The zero-order valence-electron chi connectivity index (χ0n) is 23.4. The number of aliphatic hydroxyl groups excluding tert-OH is 4. The second-order valence-electron chi connectivity index (χ2n) is 11.2. The van der Waals surface area contributed by atoms with E-state index in [-0.39, 0.29) is 19.6 Å². The van der Waals surface area contributed by atoms with Gasteiger partial charge in [-0.15, -0.1) is 0 Å². The minimum absolute atomic E-state index is 0.00874. The number of amides is 1. The summed E-state index contributed by atoms with van der Waals surface area (Å²) in [6, 6.07) is -3.24. The summed E-state index contributed by atoms with van der Waals surface area (Å²) in [7, 11) is 1.55. The highest BCUT2D eigenvalue weighted by molar-refractivity contribution is 5.81. The Morgan fingerprint density at radius 2 is 2.00 bits per heavy atom. The molecule has 0 radical (unpaired) electrons. The average molecular weight is 595 g/mol. The Bertz CT molecular complexity index is 889. The molecule has 3 rings (SSSR count). The van der Waals surface area contributed by atoms with Gasteiger partial charge in [-0.2, -0.15) is 0 Å². The van der Waals surface area contributed by atoms with Crippen molar-refractivity contribution in [3.8, 4) is 0 Å². The number of carbonyl (C=O) groups is 1. The standard InChI is InChI=1S/C25H47FN6O9/c1-25(38)10-39-24(19(36)22(25)30-2)41-21-15(32-23(37)17(34)12(26)8-27)7-14(29)16(18(21)35)20-13(28)4-3-11(40-20)9-31-5-6-33/h3,12-22,24,30-31,33-36,38H,4-10,27-29H2,1-2H3,(H,32,37)/t12?,13-,14+,15-,16?,17?,18+,19-,20+,21+,22-,24-,25+/m1/s1. The fourth-order valence-corrected chi connectivity index (χ4v) is 5.81. The first-order chi connectivity index (χ1) is 19.4. The first-order valence-electron chi connectivity index (χ1n) is 13.9. The fraction of sp³-hybridized carbons (Fsp3) is 0.880. The molecule has 1 amide bonds. The van der Waals surface area contributed by atoms with Gasteiger partial charge in [0.2, 0.25) is 0 Å². The van der Waals surface area contributed by atoms with Crippen LogP contribution in [0.25, 0.3) is 0 Å². The summed E-state index contributed by atoms with van der Waals surface area (Å²) in [6.07, 6.45) is -8.04. The largest absolute Gasteiger partial charge is 0.492 e. The van der Waals surface area contributed by atoms with Crippen molar-refractivity contribution in [2.24, 2.45) is 23.1 Å². The van der Waals surface area contributed by atoms with Gasteiger partial charge in [0, 0.05) is 31.1 Å². The summed E-state index contributed by atoms with van der Waals surface area (Å²) in [5.74, 6) is -1.33. The van der Waals surface area contributed by atoms with Crippen LogP contribution in [0.5, 0.6) is 0 Å². The second-order valence-corrected chi connectivity index (χ2v) is 11.2. The van der Waals surface area contributed by atoms with E-state index >= 15 is 0 Å². The lowest BCUT2D eigenvalue weighted by atomic mass is 9.72. The number of hydrogen-bond donors (Lipinski definition) is 11. The van der Waals surface area contributed by atoms with Crippen LogP contribution in [0.3, 0.4) is 0 Å². The minimum atomic E-state index is -2.07. The van der Waals surface area contributed by atoms with E-state index in [9.17, 15) is 29.6 Å². The van der Waals surface area contributed by atoms with Gasteiger partial charge in [-0.3, -0.25) is 4.79 Å². The maximum Gasteiger partial charge on any atom is 0.252 e. The summed E-state index contributed by atoms with van der Waals surface area (Å²) in [5.41, 5.74) is 16.7. The molecule has 0 aromatic carbocycles. The summed E-state index contributed by atoms with van der Waals surface area (Å²) < 4.78 is 31.8. The SMILES string of the molecule is CN[C@@H]1[C@@H](O)[C@@H](O[C@H]2[C@H](NC(=O)C(O)C(F)CN)C[C@H](N)C([C@H]3OC(CNCCO)=CC[C@H]3N)[C@@H]2O)OC[C@]1(C)O. The molecule has 0 bridgehead atoms. The molecule has 2 aliphatic heterocycles. The van der Waals surface area contributed by atoms with Crippen molar-refractivity contribution in [1.29, 1.82) is 0 Å². The molecule has 1 saturated heterocycles. The van der Waals surface area contributed by atoms with Crippen molar-refractivity contribution >= 4 is 5.91 Å². The Balaban J connectivity index is 1.86. The van der Waals surface area contributed by atoms with E-state index in [0.717, 1.165) is 0 Å². The van der Waals surface area contributed by atoms with Crippen molar-refractivity contribution in [3.05, 3.63) is 11.8 Å². The van der Waals surface area contributed by atoms with Crippen LogP contribution in [-0.2, 0) is 19.0 Å². The highest BCUT2D eigenvalue weighted by Gasteiger charge is 2.53. The predicted octanol–water partition coefficient (Wildman–Crippen LogP) is -5.14.